The second kappa shape index (κ2) is 37.6. The van der Waals surface area contributed by atoms with E-state index in [1.165, 1.54) is 199 Å². The summed E-state index contributed by atoms with van der Waals surface area (Å²) in [5.41, 5.74) is 0. The Bertz CT molecular complexity index is 741. The molecular weight excluding hydrogens is 625 g/mol. The lowest BCUT2D eigenvalue weighted by Gasteiger charge is -2.34. The number of likely N-dealkylation sites (N-methyl/N-ethyl adjacent to an activating group) is 1. The highest BCUT2D eigenvalue weighted by Crippen LogP contribution is 2.13. The van der Waals surface area contributed by atoms with Gasteiger partial charge in [-0.2, -0.15) is 0 Å². The molecule has 0 amide bonds. The number of quaternary nitrogens is 2. The largest absolute Gasteiger partial charge is 0.379 e. The molecule has 0 rings (SSSR count). The molecule has 0 fully saturated rings. The van der Waals surface area contributed by atoms with E-state index in [0.29, 0.717) is 0 Å². The third-order valence-corrected chi connectivity index (χ3v) is 10.4. The Hall–Kier alpha value is -0.680. The summed E-state index contributed by atoms with van der Waals surface area (Å²) in [5.74, 6) is 0. The Morgan fingerprint density at radius 1 is 0.412 bits per heavy atom. The Morgan fingerprint density at radius 2 is 0.784 bits per heavy atom. The third kappa shape index (κ3) is 41.9. The van der Waals surface area contributed by atoms with Gasteiger partial charge in [-0.15, -0.1) is 0 Å². The van der Waals surface area contributed by atoms with Crippen molar-refractivity contribution in [2.75, 3.05) is 74.7 Å². The zero-order valence-electron chi connectivity index (χ0n) is 36.3. The Balaban J connectivity index is 4.09. The second-order valence-electron chi connectivity index (χ2n) is 17.7. The molecule has 0 aliphatic rings. The summed E-state index contributed by atoms with van der Waals surface area (Å²) >= 11 is 0. The summed E-state index contributed by atoms with van der Waals surface area (Å²) in [6.07, 6.45) is 48.8. The van der Waals surface area contributed by atoms with E-state index >= 15 is 0 Å². The quantitative estimate of drug-likeness (QED) is 0.0356. The highest BCUT2D eigenvalue weighted by atomic mass is 16.5. The minimum atomic E-state index is 0.196. The molecule has 4 heteroatoms. The van der Waals surface area contributed by atoms with Gasteiger partial charge in [-0.05, 0) is 64.2 Å². The first-order valence-electron chi connectivity index (χ1n) is 22.8. The zero-order valence-corrected chi connectivity index (χ0v) is 36.3. The number of unbranched alkanes of at least 4 members (excludes halogenated alkanes) is 24. The summed E-state index contributed by atoms with van der Waals surface area (Å²) in [5, 5.41) is 0. The predicted octanol–water partition coefficient (Wildman–Crippen LogP) is 13.6. The van der Waals surface area contributed by atoms with E-state index < -0.39 is 0 Å². The number of hydrogen-bond donors (Lipinski definition) is 0. The molecule has 0 aromatic heterocycles. The molecule has 1 unspecified atom stereocenters. The van der Waals surface area contributed by atoms with Crippen LogP contribution in [0.3, 0.4) is 0 Å². The van der Waals surface area contributed by atoms with Crippen LogP contribution in [0.5, 0.6) is 0 Å². The van der Waals surface area contributed by atoms with E-state index in [0.717, 1.165) is 35.3 Å². The molecule has 51 heavy (non-hydrogen) atoms. The number of allylic oxidation sites excluding steroid dienone is 4. The zero-order chi connectivity index (χ0) is 37.6. The van der Waals surface area contributed by atoms with Crippen LogP contribution in [-0.4, -0.2) is 89.8 Å². The van der Waals surface area contributed by atoms with Crippen LogP contribution in [-0.2, 0) is 9.47 Å². The minimum Gasteiger partial charge on any atom is -0.379 e. The van der Waals surface area contributed by atoms with Crippen molar-refractivity contribution in [3.63, 3.8) is 0 Å². The van der Waals surface area contributed by atoms with Crippen molar-refractivity contribution < 1.29 is 18.4 Å². The van der Waals surface area contributed by atoms with Gasteiger partial charge in [-0.1, -0.05) is 154 Å². The Labute approximate surface area is 322 Å². The van der Waals surface area contributed by atoms with Crippen LogP contribution in [0.25, 0.3) is 0 Å². The topological polar surface area (TPSA) is 18.5 Å². The first kappa shape index (κ1) is 50.3. The van der Waals surface area contributed by atoms with E-state index in [-0.39, 0.29) is 6.10 Å². The fraction of sp³-hybridized carbons (Fsp3) is 0.915. The molecule has 4 nitrogen and oxygen atoms in total. The summed E-state index contributed by atoms with van der Waals surface area (Å²) in [7, 11) is 11.6. The van der Waals surface area contributed by atoms with Crippen molar-refractivity contribution >= 4 is 0 Å². The van der Waals surface area contributed by atoms with Crippen LogP contribution in [0.4, 0.5) is 0 Å². The molecule has 0 spiro atoms. The molecular formula is C47H96N2O2+2. The van der Waals surface area contributed by atoms with Crippen LogP contribution in [0.1, 0.15) is 200 Å². The van der Waals surface area contributed by atoms with Crippen molar-refractivity contribution in [3.8, 4) is 0 Å². The summed E-state index contributed by atoms with van der Waals surface area (Å²) in [6, 6.07) is 0. The fourth-order valence-corrected chi connectivity index (χ4v) is 7.04. The van der Waals surface area contributed by atoms with E-state index in [9.17, 15) is 0 Å². The van der Waals surface area contributed by atoms with Crippen molar-refractivity contribution in [1.82, 2.24) is 0 Å². The van der Waals surface area contributed by atoms with Crippen LogP contribution >= 0.6 is 0 Å². The molecule has 0 aromatic rings. The first-order chi connectivity index (χ1) is 24.7. The van der Waals surface area contributed by atoms with Gasteiger partial charge in [0.25, 0.3) is 0 Å². The van der Waals surface area contributed by atoms with Gasteiger partial charge in [0.15, 0.2) is 0 Å². The van der Waals surface area contributed by atoms with Gasteiger partial charge in [0.1, 0.15) is 12.6 Å². The Kier molecular flexibility index (Phi) is 37.1. The van der Waals surface area contributed by atoms with E-state index in [1.807, 2.05) is 0 Å². The normalized spacial score (nSPS) is 13.3. The van der Waals surface area contributed by atoms with Crippen molar-refractivity contribution in [2.24, 2.45) is 0 Å². The maximum absolute atomic E-state index is 6.52. The molecule has 0 aromatic carbocycles. The molecule has 0 radical (unpaired) electrons. The lowest BCUT2D eigenvalue weighted by molar-refractivity contribution is -0.904. The van der Waals surface area contributed by atoms with Crippen LogP contribution < -0.4 is 0 Å². The van der Waals surface area contributed by atoms with Crippen LogP contribution in [0.2, 0.25) is 0 Å². The van der Waals surface area contributed by atoms with Crippen LogP contribution in [0.15, 0.2) is 24.3 Å². The SMILES string of the molecule is CCCCCCCCC=CCCCCCCCCOCC(C[N+](C)(C)CCC[N+](C)(C)C)OCCCCCCCCC=CCCCCCCCC. The molecule has 0 N–H and O–H groups in total. The van der Waals surface area contributed by atoms with E-state index in [1.54, 1.807) is 0 Å². The lowest BCUT2D eigenvalue weighted by Crippen LogP contribution is -2.49. The van der Waals surface area contributed by atoms with Gasteiger partial charge in [0, 0.05) is 19.6 Å². The molecule has 0 saturated carbocycles. The number of nitrogens with zero attached hydrogens (tertiary/aromatic N) is 2. The van der Waals surface area contributed by atoms with Crippen molar-refractivity contribution in [3.05, 3.63) is 24.3 Å². The summed E-state index contributed by atoms with van der Waals surface area (Å²) < 4.78 is 14.8. The highest BCUT2D eigenvalue weighted by Gasteiger charge is 2.24. The fourth-order valence-electron chi connectivity index (χ4n) is 7.04. The average Bonchev–Trinajstić information content (AvgIpc) is 3.08. The van der Waals surface area contributed by atoms with Crippen molar-refractivity contribution in [1.29, 1.82) is 0 Å². The predicted molar refractivity (Wildman–Crippen MR) is 229 cm³/mol. The highest BCUT2D eigenvalue weighted by molar-refractivity contribution is 4.82. The minimum absolute atomic E-state index is 0.196. The molecule has 0 aliphatic carbocycles. The molecule has 0 heterocycles. The van der Waals surface area contributed by atoms with Gasteiger partial charge in [0.2, 0.25) is 0 Å². The van der Waals surface area contributed by atoms with Gasteiger partial charge in [-0.3, -0.25) is 0 Å². The van der Waals surface area contributed by atoms with Gasteiger partial charge >= 0.3 is 0 Å². The Morgan fingerprint density at radius 3 is 1.20 bits per heavy atom. The number of rotatable bonds is 41. The maximum atomic E-state index is 6.52. The second-order valence-corrected chi connectivity index (χ2v) is 17.7. The smallest absolute Gasteiger partial charge is 0.130 e. The summed E-state index contributed by atoms with van der Waals surface area (Å²) in [6.45, 7) is 10.5. The first-order valence-corrected chi connectivity index (χ1v) is 22.8. The summed E-state index contributed by atoms with van der Waals surface area (Å²) in [4.78, 5) is 0. The molecule has 0 aliphatic heterocycles. The van der Waals surface area contributed by atoms with Gasteiger partial charge in [0.05, 0.1) is 54.9 Å². The van der Waals surface area contributed by atoms with E-state index in [2.05, 4.69) is 73.4 Å². The monoisotopic (exact) mass is 721 g/mol. The maximum Gasteiger partial charge on any atom is 0.130 e. The number of hydrogen-bond acceptors (Lipinski definition) is 2. The van der Waals surface area contributed by atoms with Crippen molar-refractivity contribution in [2.45, 2.75) is 206 Å². The van der Waals surface area contributed by atoms with Crippen LogP contribution in [0, 0.1) is 0 Å². The lowest BCUT2D eigenvalue weighted by atomic mass is 10.1. The molecule has 304 valence electrons. The molecule has 0 saturated heterocycles. The molecule has 1 atom stereocenters. The van der Waals surface area contributed by atoms with Gasteiger partial charge < -0.3 is 18.4 Å². The van der Waals surface area contributed by atoms with Gasteiger partial charge in [-0.25, -0.2) is 0 Å². The average molecular weight is 721 g/mol. The third-order valence-electron chi connectivity index (χ3n) is 10.4. The molecule has 0 bridgehead atoms. The van der Waals surface area contributed by atoms with E-state index in [4.69, 9.17) is 9.47 Å². The number of ether oxygens (including phenoxy) is 2. The standard InChI is InChI=1S/C47H96N2O2/c1-8-10-12-14-16-18-20-22-24-26-28-30-32-34-36-38-43-50-46-47(45-49(6,7)42-40-41-48(3,4)5)51-44-39-37-35-33-31-29-27-25-23-21-19-17-15-13-11-9-2/h22-25,47H,8-21,26-46H2,1-7H3/q+2.